The lowest BCUT2D eigenvalue weighted by Gasteiger charge is -2.17. The molecule has 5 heteroatoms. The average molecular weight is 398 g/mol. The van der Waals surface area contributed by atoms with Gasteiger partial charge in [-0.3, -0.25) is 9.69 Å². The number of carbonyl (C=O) groups excluding carboxylic acids is 1. The van der Waals surface area contributed by atoms with Crippen LogP contribution in [0.2, 0.25) is 0 Å². The third kappa shape index (κ3) is 4.78. The molecule has 0 aromatic heterocycles. The van der Waals surface area contributed by atoms with Crippen LogP contribution in [0.4, 0.5) is 10.1 Å². The molecule has 0 bridgehead atoms. The molecule has 0 radical (unpaired) electrons. The molecule has 0 saturated carbocycles. The third-order valence-electron chi connectivity index (χ3n) is 2.96. The van der Waals surface area contributed by atoms with Crippen molar-refractivity contribution in [3.63, 3.8) is 0 Å². The van der Waals surface area contributed by atoms with E-state index >= 15 is 0 Å². The van der Waals surface area contributed by atoms with Crippen LogP contribution in [0.15, 0.2) is 48.5 Å². The van der Waals surface area contributed by atoms with Crippen LogP contribution in [0.3, 0.4) is 0 Å². The molecule has 2 aromatic carbocycles. The summed E-state index contributed by atoms with van der Waals surface area (Å²) in [5.41, 5.74) is 1.38. The van der Waals surface area contributed by atoms with Gasteiger partial charge in [0.15, 0.2) is 0 Å². The van der Waals surface area contributed by atoms with Gasteiger partial charge in [0, 0.05) is 15.7 Å². The van der Waals surface area contributed by atoms with Crippen molar-refractivity contribution in [1.82, 2.24) is 4.90 Å². The zero-order valence-corrected chi connectivity index (χ0v) is 13.8. The van der Waals surface area contributed by atoms with Crippen LogP contribution in [0.1, 0.15) is 5.56 Å². The van der Waals surface area contributed by atoms with Gasteiger partial charge in [-0.1, -0.05) is 30.3 Å². The number of para-hydroxylation sites is 1. The molecule has 0 spiro atoms. The summed E-state index contributed by atoms with van der Waals surface area (Å²) >= 11 is 2.17. The minimum absolute atomic E-state index is 0.113. The summed E-state index contributed by atoms with van der Waals surface area (Å²) in [4.78, 5) is 13.8. The Labute approximate surface area is 137 Å². The summed E-state index contributed by atoms with van der Waals surface area (Å²) in [7, 11) is 1.79. The van der Waals surface area contributed by atoms with Crippen molar-refractivity contribution in [3.05, 3.63) is 63.5 Å². The lowest BCUT2D eigenvalue weighted by atomic mass is 10.2. The SMILES string of the molecule is CN(CC(=O)Nc1ccccc1I)Cc1ccccc1F. The predicted molar refractivity (Wildman–Crippen MR) is 90.5 cm³/mol. The first kappa shape index (κ1) is 15.9. The highest BCUT2D eigenvalue weighted by molar-refractivity contribution is 14.1. The Bertz CT molecular complexity index is 633. The van der Waals surface area contributed by atoms with Crippen LogP contribution >= 0.6 is 22.6 Å². The molecule has 0 unspecified atom stereocenters. The van der Waals surface area contributed by atoms with E-state index in [9.17, 15) is 9.18 Å². The van der Waals surface area contributed by atoms with Gasteiger partial charge < -0.3 is 5.32 Å². The Hall–Kier alpha value is -1.47. The Kier molecular flexibility index (Phi) is 5.69. The fourth-order valence-electron chi connectivity index (χ4n) is 1.97. The maximum atomic E-state index is 13.6. The van der Waals surface area contributed by atoms with E-state index in [4.69, 9.17) is 0 Å². The van der Waals surface area contributed by atoms with Gasteiger partial charge in [-0.05, 0) is 47.8 Å². The smallest absolute Gasteiger partial charge is 0.238 e. The van der Waals surface area contributed by atoms with E-state index in [1.807, 2.05) is 24.3 Å². The van der Waals surface area contributed by atoms with E-state index in [1.165, 1.54) is 6.07 Å². The predicted octanol–water partition coefficient (Wildman–Crippen LogP) is 3.50. The Balaban J connectivity index is 1.91. The van der Waals surface area contributed by atoms with E-state index in [2.05, 4.69) is 27.9 Å². The molecule has 2 aromatic rings. The first-order valence-electron chi connectivity index (χ1n) is 6.52. The quantitative estimate of drug-likeness (QED) is 0.783. The minimum atomic E-state index is -0.248. The molecule has 2 rings (SSSR count). The van der Waals surface area contributed by atoms with Crippen LogP contribution in [0.25, 0.3) is 0 Å². The van der Waals surface area contributed by atoms with E-state index < -0.39 is 0 Å². The number of benzene rings is 2. The molecular weight excluding hydrogens is 382 g/mol. The first-order valence-corrected chi connectivity index (χ1v) is 7.60. The molecule has 0 aliphatic rings. The van der Waals surface area contributed by atoms with Gasteiger partial charge >= 0.3 is 0 Å². The Morgan fingerprint density at radius 3 is 2.57 bits per heavy atom. The first-order chi connectivity index (χ1) is 10.1. The second-order valence-electron chi connectivity index (χ2n) is 4.79. The molecule has 0 aliphatic carbocycles. The van der Waals surface area contributed by atoms with Gasteiger partial charge in [0.1, 0.15) is 5.82 Å². The second-order valence-corrected chi connectivity index (χ2v) is 5.95. The summed E-state index contributed by atoms with van der Waals surface area (Å²) in [6.07, 6.45) is 0. The van der Waals surface area contributed by atoms with Crippen LogP contribution in [0, 0.1) is 9.39 Å². The van der Waals surface area contributed by atoms with E-state index in [-0.39, 0.29) is 18.3 Å². The number of likely N-dealkylation sites (N-methyl/N-ethyl adjacent to an activating group) is 1. The highest BCUT2D eigenvalue weighted by Crippen LogP contribution is 2.17. The van der Waals surface area contributed by atoms with Crippen LogP contribution in [-0.2, 0) is 11.3 Å². The second kappa shape index (κ2) is 7.51. The molecule has 0 saturated heterocycles. The highest BCUT2D eigenvalue weighted by Gasteiger charge is 2.10. The number of nitrogens with one attached hydrogen (secondary N) is 1. The number of anilines is 1. The monoisotopic (exact) mass is 398 g/mol. The van der Waals surface area contributed by atoms with Crippen molar-refractivity contribution < 1.29 is 9.18 Å². The molecule has 1 N–H and O–H groups in total. The summed E-state index contributed by atoms with van der Waals surface area (Å²) in [5.74, 6) is -0.361. The molecule has 1 amide bonds. The van der Waals surface area contributed by atoms with E-state index in [0.717, 1.165) is 9.26 Å². The molecular formula is C16H16FIN2O. The number of rotatable bonds is 5. The van der Waals surface area contributed by atoms with Crippen LogP contribution in [-0.4, -0.2) is 24.4 Å². The fourth-order valence-corrected chi connectivity index (χ4v) is 2.49. The lowest BCUT2D eigenvalue weighted by molar-refractivity contribution is -0.117. The number of amides is 1. The molecule has 0 aliphatic heterocycles. The molecule has 21 heavy (non-hydrogen) atoms. The van der Waals surface area contributed by atoms with Gasteiger partial charge in [-0.2, -0.15) is 0 Å². The largest absolute Gasteiger partial charge is 0.324 e. The zero-order chi connectivity index (χ0) is 15.2. The number of hydrogen-bond donors (Lipinski definition) is 1. The van der Waals surface area contributed by atoms with E-state index in [1.54, 1.807) is 30.1 Å². The van der Waals surface area contributed by atoms with Crippen molar-refractivity contribution in [3.8, 4) is 0 Å². The van der Waals surface area contributed by atoms with Gasteiger partial charge in [-0.25, -0.2) is 4.39 Å². The number of carbonyl (C=O) groups is 1. The van der Waals surface area contributed by atoms with Crippen molar-refractivity contribution >= 4 is 34.2 Å². The third-order valence-corrected chi connectivity index (χ3v) is 3.90. The lowest BCUT2D eigenvalue weighted by Crippen LogP contribution is -2.30. The maximum Gasteiger partial charge on any atom is 0.238 e. The van der Waals surface area contributed by atoms with Gasteiger partial charge in [0.05, 0.1) is 12.2 Å². The van der Waals surface area contributed by atoms with Crippen molar-refractivity contribution in [1.29, 1.82) is 0 Å². The highest BCUT2D eigenvalue weighted by atomic mass is 127. The summed E-state index contributed by atoms with van der Waals surface area (Å²) in [6.45, 7) is 0.602. The van der Waals surface area contributed by atoms with E-state index in [0.29, 0.717) is 12.1 Å². The van der Waals surface area contributed by atoms with Crippen LogP contribution in [0.5, 0.6) is 0 Å². The number of hydrogen-bond acceptors (Lipinski definition) is 2. The molecule has 3 nitrogen and oxygen atoms in total. The minimum Gasteiger partial charge on any atom is -0.324 e. The standard InChI is InChI=1S/C16H16FIN2O/c1-20(10-12-6-2-3-7-13(12)17)11-16(21)19-15-9-5-4-8-14(15)18/h2-9H,10-11H2,1H3,(H,19,21). The Morgan fingerprint density at radius 1 is 1.19 bits per heavy atom. The normalized spacial score (nSPS) is 10.7. The fraction of sp³-hybridized carbons (Fsp3) is 0.188. The number of nitrogens with zero attached hydrogens (tertiary/aromatic N) is 1. The molecule has 0 fully saturated rings. The van der Waals surface area contributed by atoms with Gasteiger partial charge in [-0.15, -0.1) is 0 Å². The van der Waals surface area contributed by atoms with Crippen molar-refractivity contribution in [2.45, 2.75) is 6.54 Å². The number of halogens is 2. The summed E-state index contributed by atoms with van der Waals surface area (Å²) in [6, 6.07) is 14.2. The van der Waals surface area contributed by atoms with Gasteiger partial charge in [0.2, 0.25) is 5.91 Å². The maximum absolute atomic E-state index is 13.6. The zero-order valence-electron chi connectivity index (χ0n) is 11.6. The van der Waals surface area contributed by atoms with Crippen LogP contribution < -0.4 is 5.32 Å². The molecule has 0 atom stereocenters. The van der Waals surface area contributed by atoms with Crippen molar-refractivity contribution in [2.24, 2.45) is 0 Å². The van der Waals surface area contributed by atoms with Gasteiger partial charge in [0.25, 0.3) is 0 Å². The topological polar surface area (TPSA) is 32.3 Å². The Morgan fingerprint density at radius 2 is 1.86 bits per heavy atom. The average Bonchev–Trinajstić information content (AvgIpc) is 2.44. The summed E-state index contributed by atoms with van der Waals surface area (Å²) in [5, 5.41) is 2.86. The summed E-state index contributed by atoms with van der Waals surface area (Å²) < 4.78 is 14.5. The van der Waals surface area contributed by atoms with Crippen molar-refractivity contribution in [2.75, 3.05) is 18.9 Å². The molecule has 110 valence electrons. The molecule has 0 heterocycles.